The number of aromatic nitrogens is 3. The zero-order valence-electron chi connectivity index (χ0n) is 13.6. The minimum atomic E-state index is -0.515. The predicted molar refractivity (Wildman–Crippen MR) is 88.4 cm³/mol. The molecule has 7 nitrogen and oxygen atoms in total. The van der Waals surface area contributed by atoms with Gasteiger partial charge in [-0.05, 0) is 31.6 Å². The number of hydrogen-bond acceptors (Lipinski definition) is 6. The van der Waals surface area contributed by atoms with E-state index in [1.54, 1.807) is 24.5 Å². The molecule has 1 atom stereocenters. The number of urea groups is 1. The number of hydrogen-bond donors (Lipinski definition) is 2. The van der Waals surface area contributed by atoms with E-state index in [2.05, 4.69) is 25.8 Å². The highest BCUT2D eigenvalue weighted by atomic mass is 32.1. The molecule has 2 aromatic rings. The quantitative estimate of drug-likeness (QED) is 0.867. The molecule has 8 heteroatoms. The maximum absolute atomic E-state index is 12.7. The molecular weight excluding hydrogens is 326 g/mol. The Labute approximate surface area is 144 Å². The average Bonchev–Trinajstić information content (AvgIpc) is 2.97. The number of nitrogens with zero attached hydrogens (tertiary/aromatic N) is 3. The lowest BCUT2D eigenvalue weighted by Gasteiger charge is -2.28. The van der Waals surface area contributed by atoms with Gasteiger partial charge in [0, 0.05) is 18.5 Å². The Bertz CT molecular complexity index is 704. The second-order valence-electron chi connectivity index (χ2n) is 6.71. The number of amides is 2. The molecule has 24 heavy (non-hydrogen) atoms. The molecule has 2 saturated carbocycles. The smallest absolute Gasteiger partial charge is 0.316 e. The molecule has 0 saturated heterocycles. The average molecular weight is 347 g/mol. The molecule has 0 aliphatic heterocycles. The van der Waals surface area contributed by atoms with Crippen LogP contribution in [0.25, 0.3) is 0 Å². The van der Waals surface area contributed by atoms with Gasteiger partial charge in [0.25, 0.3) is 0 Å². The Morgan fingerprint density at radius 1 is 1.42 bits per heavy atom. The van der Waals surface area contributed by atoms with Gasteiger partial charge in [-0.15, -0.1) is 11.3 Å². The van der Waals surface area contributed by atoms with Gasteiger partial charge in [0.05, 0.1) is 6.04 Å². The number of rotatable bonds is 5. The maximum Gasteiger partial charge on any atom is 0.316 e. The van der Waals surface area contributed by atoms with E-state index in [4.69, 9.17) is 4.52 Å². The minimum absolute atomic E-state index is 0.00421. The number of nitrogens with one attached hydrogen (secondary N) is 2. The van der Waals surface area contributed by atoms with Crippen molar-refractivity contribution in [2.24, 2.45) is 5.92 Å². The summed E-state index contributed by atoms with van der Waals surface area (Å²) in [5.74, 6) is 1.61. The fourth-order valence-electron chi connectivity index (χ4n) is 3.47. The van der Waals surface area contributed by atoms with Gasteiger partial charge in [-0.1, -0.05) is 18.0 Å². The van der Waals surface area contributed by atoms with Crippen molar-refractivity contribution in [1.29, 1.82) is 0 Å². The lowest BCUT2D eigenvalue weighted by Crippen LogP contribution is -2.50. The SMILES string of the molecule is Cc1nc(C2(NC(=O)N[C@H](c3nccs3)C3CC3)CCCC2)no1. The third-order valence-corrected chi connectivity index (χ3v) is 5.72. The summed E-state index contributed by atoms with van der Waals surface area (Å²) in [6.45, 7) is 1.77. The topological polar surface area (TPSA) is 92.9 Å². The number of aryl methyl sites for hydroxylation is 1. The van der Waals surface area contributed by atoms with Crippen LogP contribution in [0.2, 0.25) is 0 Å². The van der Waals surface area contributed by atoms with E-state index >= 15 is 0 Å². The molecule has 0 spiro atoms. The fourth-order valence-corrected chi connectivity index (χ4v) is 4.25. The van der Waals surface area contributed by atoms with Crippen LogP contribution < -0.4 is 10.6 Å². The van der Waals surface area contributed by atoms with Crippen molar-refractivity contribution in [3.05, 3.63) is 28.3 Å². The lowest BCUT2D eigenvalue weighted by molar-refractivity contribution is 0.215. The summed E-state index contributed by atoms with van der Waals surface area (Å²) in [5, 5.41) is 13.2. The lowest BCUT2D eigenvalue weighted by atomic mass is 9.97. The fraction of sp³-hybridized carbons (Fsp3) is 0.625. The van der Waals surface area contributed by atoms with Crippen LogP contribution in [-0.4, -0.2) is 21.2 Å². The normalized spacial score (nSPS) is 20.7. The first kappa shape index (κ1) is 15.6. The molecule has 0 bridgehead atoms. The van der Waals surface area contributed by atoms with Crippen molar-refractivity contribution in [2.75, 3.05) is 0 Å². The Kier molecular flexibility index (Phi) is 3.99. The largest absolute Gasteiger partial charge is 0.340 e. The highest BCUT2D eigenvalue weighted by Crippen LogP contribution is 2.42. The van der Waals surface area contributed by atoms with Crippen molar-refractivity contribution in [2.45, 2.75) is 57.0 Å². The van der Waals surface area contributed by atoms with Gasteiger partial charge in [-0.25, -0.2) is 9.78 Å². The van der Waals surface area contributed by atoms with Crippen molar-refractivity contribution in [1.82, 2.24) is 25.8 Å². The van der Waals surface area contributed by atoms with Crippen LogP contribution >= 0.6 is 11.3 Å². The molecule has 2 amide bonds. The monoisotopic (exact) mass is 347 g/mol. The predicted octanol–water partition coefficient (Wildman–Crippen LogP) is 3.05. The molecule has 2 N–H and O–H groups in total. The molecule has 2 aromatic heterocycles. The molecule has 0 unspecified atom stereocenters. The van der Waals surface area contributed by atoms with Crippen LogP contribution in [0.4, 0.5) is 4.79 Å². The van der Waals surface area contributed by atoms with E-state index < -0.39 is 5.54 Å². The van der Waals surface area contributed by atoms with Crippen molar-refractivity contribution in [3.63, 3.8) is 0 Å². The van der Waals surface area contributed by atoms with Crippen LogP contribution in [0.15, 0.2) is 16.1 Å². The molecule has 2 aliphatic carbocycles. The first-order valence-electron chi connectivity index (χ1n) is 8.45. The Balaban J connectivity index is 1.49. The summed E-state index contributed by atoms with van der Waals surface area (Å²) in [7, 11) is 0. The second-order valence-corrected chi connectivity index (χ2v) is 7.64. The molecule has 2 fully saturated rings. The van der Waals surface area contributed by atoms with Crippen LogP contribution in [0.3, 0.4) is 0 Å². The summed E-state index contributed by atoms with van der Waals surface area (Å²) in [4.78, 5) is 21.4. The highest BCUT2D eigenvalue weighted by Gasteiger charge is 2.42. The van der Waals surface area contributed by atoms with Gasteiger partial charge in [0.2, 0.25) is 5.89 Å². The Morgan fingerprint density at radius 2 is 2.21 bits per heavy atom. The Hall–Kier alpha value is -1.96. The molecule has 2 heterocycles. The van der Waals surface area contributed by atoms with Gasteiger partial charge >= 0.3 is 6.03 Å². The molecule has 2 aliphatic rings. The third kappa shape index (κ3) is 3.02. The van der Waals surface area contributed by atoms with Crippen molar-refractivity contribution in [3.8, 4) is 0 Å². The molecule has 0 radical (unpaired) electrons. The van der Waals surface area contributed by atoms with Gasteiger partial charge in [0.15, 0.2) is 5.82 Å². The van der Waals surface area contributed by atoms with Gasteiger partial charge in [-0.3, -0.25) is 0 Å². The van der Waals surface area contributed by atoms with E-state index in [-0.39, 0.29) is 12.1 Å². The second kappa shape index (κ2) is 6.16. The summed E-state index contributed by atoms with van der Waals surface area (Å²) in [6, 6.07) is -0.179. The van der Waals surface area contributed by atoms with Crippen LogP contribution in [-0.2, 0) is 5.54 Å². The summed E-state index contributed by atoms with van der Waals surface area (Å²) in [5.41, 5.74) is -0.515. The van der Waals surface area contributed by atoms with Gasteiger partial charge in [-0.2, -0.15) is 4.98 Å². The summed E-state index contributed by atoms with van der Waals surface area (Å²) >= 11 is 1.59. The molecule has 4 rings (SSSR count). The van der Waals surface area contributed by atoms with Crippen molar-refractivity contribution < 1.29 is 9.32 Å². The standard InChI is InChI=1S/C16H21N5O2S/c1-10-18-14(21-23-10)16(6-2-3-7-16)20-15(22)19-12(11-4-5-11)13-17-8-9-24-13/h8-9,11-12H,2-7H2,1H3,(H2,19,20,22)/t12-/m0/s1. The van der Waals surface area contributed by atoms with E-state index in [0.717, 1.165) is 43.5 Å². The summed E-state index contributed by atoms with van der Waals surface area (Å²) in [6.07, 6.45) is 7.84. The Morgan fingerprint density at radius 3 is 2.79 bits per heavy atom. The number of carbonyl (C=O) groups is 1. The van der Waals surface area contributed by atoms with E-state index in [1.165, 1.54) is 0 Å². The number of carbonyl (C=O) groups excluding carboxylic acids is 1. The summed E-state index contributed by atoms with van der Waals surface area (Å²) < 4.78 is 5.13. The molecule has 128 valence electrons. The molecule has 0 aromatic carbocycles. The first-order valence-corrected chi connectivity index (χ1v) is 9.33. The van der Waals surface area contributed by atoms with Gasteiger partial charge in [0.1, 0.15) is 10.5 Å². The number of thiazole rings is 1. The minimum Gasteiger partial charge on any atom is -0.340 e. The van der Waals surface area contributed by atoms with Gasteiger partial charge < -0.3 is 15.2 Å². The zero-order valence-corrected chi connectivity index (χ0v) is 14.4. The van der Waals surface area contributed by atoms with Crippen molar-refractivity contribution >= 4 is 17.4 Å². The van der Waals surface area contributed by atoms with Crippen LogP contribution in [0.1, 0.15) is 61.3 Å². The van der Waals surface area contributed by atoms with Crippen LogP contribution in [0.5, 0.6) is 0 Å². The first-order chi connectivity index (χ1) is 11.7. The van der Waals surface area contributed by atoms with E-state index in [1.807, 2.05) is 5.38 Å². The third-order valence-electron chi connectivity index (χ3n) is 4.86. The highest BCUT2D eigenvalue weighted by molar-refractivity contribution is 7.09. The molecular formula is C16H21N5O2S. The van der Waals surface area contributed by atoms with Crippen LogP contribution in [0, 0.1) is 12.8 Å². The maximum atomic E-state index is 12.7. The van der Waals surface area contributed by atoms with E-state index in [9.17, 15) is 4.79 Å². The van der Waals surface area contributed by atoms with E-state index in [0.29, 0.717) is 17.6 Å². The zero-order chi connectivity index (χ0) is 16.6.